The molecule has 5 unspecified atom stereocenters. The highest BCUT2D eigenvalue weighted by Gasteiger charge is 2.53. The molecule has 5 atom stereocenters. The van der Waals surface area contributed by atoms with Crippen molar-refractivity contribution < 1.29 is 0 Å². The van der Waals surface area contributed by atoms with Gasteiger partial charge in [-0.3, -0.25) is 0 Å². The molecular formula is C18H26N2. The third-order valence-electron chi connectivity index (χ3n) is 6.16. The molecule has 0 heterocycles. The summed E-state index contributed by atoms with van der Waals surface area (Å²) in [6.45, 7) is 0. The zero-order valence-electron chi connectivity index (χ0n) is 12.7. The molecule has 1 aromatic carbocycles. The van der Waals surface area contributed by atoms with Crippen molar-refractivity contribution in [1.82, 2.24) is 0 Å². The Labute approximate surface area is 122 Å². The number of anilines is 2. The predicted molar refractivity (Wildman–Crippen MR) is 85.2 cm³/mol. The zero-order chi connectivity index (χ0) is 13.7. The van der Waals surface area contributed by atoms with Crippen LogP contribution in [0.3, 0.4) is 0 Å². The van der Waals surface area contributed by atoms with Crippen LogP contribution in [0, 0.1) is 23.7 Å². The third-order valence-corrected chi connectivity index (χ3v) is 6.16. The molecular weight excluding hydrogens is 244 g/mol. The Balaban J connectivity index is 1.54. The van der Waals surface area contributed by atoms with Gasteiger partial charge in [0.25, 0.3) is 0 Å². The molecule has 0 spiro atoms. The minimum Gasteiger partial charge on any atom is -0.380 e. The van der Waals surface area contributed by atoms with Crippen molar-refractivity contribution >= 4 is 11.4 Å². The van der Waals surface area contributed by atoms with Gasteiger partial charge in [-0.2, -0.15) is 0 Å². The molecule has 2 heteroatoms. The Bertz CT molecular complexity index is 496. The first kappa shape index (κ1) is 12.6. The monoisotopic (exact) mass is 270 g/mol. The lowest BCUT2D eigenvalue weighted by Gasteiger charge is -2.33. The summed E-state index contributed by atoms with van der Waals surface area (Å²) in [6, 6.07) is 9.47. The summed E-state index contributed by atoms with van der Waals surface area (Å²) >= 11 is 0. The molecule has 2 bridgehead atoms. The SMILES string of the molecule is CN(C)c1ccccc1NC1CC2CC1C1CCCC21. The lowest BCUT2D eigenvalue weighted by atomic mass is 9.79. The van der Waals surface area contributed by atoms with Gasteiger partial charge in [0, 0.05) is 20.1 Å². The molecule has 0 amide bonds. The van der Waals surface area contributed by atoms with Gasteiger partial charge in [0.05, 0.1) is 11.4 Å². The van der Waals surface area contributed by atoms with E-state index in [1.54, 1.807) is 0 Å². The number of hydrogen-bond acceptors (Lipinski definition) is 2. The van der Waals surface area contributed by atoms with Crippen LogP contribution in [0.1, 0.15) is 32.1 Å². The first-order valence-corrected chi connectivity index (χ1v) is 8.27. The fourth-order valence-electron chi connectivity index (χ4n) is 5.42. The molecule has 2 nitrogen and oxygen atoms in total. The largest absolute Gasteiger partial charge is 0.380 e. The smallest absolute Gasteiger partial charge is 0.0596 e. The molecule has 4 rings (SSSR count). The predicted octanol–water partition coefficient (Wildman–Crippen LogP) is 3.99. The topological polar surface area (TPSA) is 15.3 Å². The number of rotatable bonds is 3. The highest BCUT2D eigenvalue weighted by Crippen LogP contribution is 2.59. The molecule has 3 fully saturated rings. The summed E-state index contributed by atoms with van der Waals surface area (Å²) < 4.78 is 0. The number of benzene rings is 1. The van der Waals surface area contributed by atoms with Gasteiger partial charge < -0.3 is 10.2 Å². The molecule has 0 aliphatic heterocycles. The molecule has 3 aliphatic carbocycles. The van der Waals surface area contributed by atoms with Gasteiger partial charge in [-0.1, -0.05) is 18.6 Å². The van der Waals surface area contributed by atoms with Crippen molar-refractivity contribution in [2.75, 3.05) is 24.3 Å². The average molecular weight is 270 g/mol. The number of nitrogens with one attached hydrogen (secondary N) is 1. The Morgan fingerprint density at radius 3 is 2.65 bits per heavy atom. The summed E-state index contributed by atoms with van der Waals surface area (Å²) in [7, 11) is 4.27. The quantitative estimate of drug-likeness (QED) is 0.893. The molecule has 0 saturated heterocycles. The zero-order valence-corrected chi connectivity index (χ0v) is 12.7. The van der Waals surface area contributed by atoms with Crippen molar-refractivity contribution in [3.8, 4) is 0 Å². The van der Waals surface area contributed by atoms with E-state index in [4.69, 9.17) is 0 Å². The van der Waals surface area contributed by atoms with Gasteiger partial charge in [-0.05, 0) is 61.5 Å². The summed E-state index contributed by atoms with van der Waals surface area (Å²) in [6.07, 6.45) is 7.42. The Hall–Kier alpha value is -1.18. The van der Waals surface area contributed by atoms with Crippen molar-refractivity contribution in [1.29, 1.82) is 0 Å². The lowest BCUT2D eigenvalue weighted by molar-refractivity contribution is 0.243. The van der Waals surface area contributed by atoms with Gasteiger partial charge in [0.2, 0.25) is 0 Å². The van der Waals surface area contributed by atoms with Crippen LogP contribution in [0.2, 0.25) is 0 Å². The van der Waals surface area contributed by atoms with E-state index < -0.39 is 0 Å². The van der Waals surface area contributed by atoms with E-state index in [9.17, 15) is 0 Å². The Morgan fingerprint density at radius 1 is 1.00 bits per heavy atom. The maximum Gasteiger partial charge on any atom is 0.0596 e. The Kier molecular flexibility index (Phi) is 2.94. The van der Waals surface area contributed by atoms with Gasteiger partial charge >= 0.3 is 0 Å². The van der Waals surface area contributed by atoms with Gasteiger partial charge in [-0.25, -0.2) is 0 Å². The van der Waals surface area contributed by atoms with Crippen LogP contribution in [-0.2, 0) is 0 Å². The summed E-state index contributed by atoms with van der Waals surface area (Å²) in [5.41, 5.74) is 2.64. The van der Waals surface area contributed by atoms with Gasteiger partial charge in [0.15, 0.2) is 0 Å². The molecule has 3 aliphatic rings. The van der Waals surface area contributed by atoms with Crippen LogP contribution in [-0.4, -0.2) is 20.1 Å². The first-order valence-electron chi connectivity index (χ1n) is 8.27. The van der Waals surface area contributed by atoms with Gasteiger partial charge in [-0.15, -0.1) is 0 Å². The maximum absolute atomic E-state index is 3.89. The van der Waals surface area contributed by atoms with Crippen molar-refractivity contribution in [2.45, 2.75) is 38.1 Å². The third kappa shape index (κ3) is 1.84. The van der Waals surface area contributed by atoms with Crippen LogP contribution in [0.4, 0.5) is 11.4 Å². The minimum absolute atomic E-state index is 0.723. The molecule has 0 radical (unpaired) electrons. The standard InChI is InChI=1S/C18H26N2/c1-20(2)18-9-4-3-8-16(18)19-17-11-12-10-15(17)14-7-5-6-13(12)14/h3-4,8-9,12-15,17,19H,5-7,10-11H2,1-2H3. The number of fused-ring (bicyclic) bond motifs is 5. The first-order chi connectivity index (χ1) is 9.74. The van der Waals surface area contributed by atoms with Crippen molar-refractivity contribution in [2.24, 2.45) is 23.7 Å². The van der Waals surface area contributed by atoms with E-state index in [2.05, 4.69) is 48.6 Å². The maximum atomic E-state index is 3.89. The highest BCUT2D eigenvalue weighted by atomic mass is 15.1. The number of nitrogens with zero attached hydrogens (tertiary/aromatic N) is 1. The molecule has 20 heavy (non-hydrogen) atoms. The van der Waals surface area contributed by atoms with E-state index >= 15 is 0 Å². The number of hydrogen-bond donors (Lipinski definition) is 1. The minimum atomic E-state index is 0.723. The fraction of sp³-hybridized carbons (Fsp3) is 0.667. The molecule has 108 valence electrons. The van der Waals surface area contributed by atoms with Crippen LogP contribution in [0.15, 0.2) is 24.3 Å². The second-order valence-corrected chi connectivity index (χ2v) is 7.32. The van der Waals surface area contributed by atoms with Crippen molar-refractivity contribution in [3.05, 3.63) is 24.3 Å². The fourth-order valence-corrected chi connectivity index (χ4v) is 5.42. The van der Waals surface area contributed by atoms with Gasteiger partial charge in [0.1, 0.15) is 0 Å². The molecule has 0 aromatic heterocycles. The van der Waals surface area contributed by atoms with E-state index in [0.717, 1.165) is 29.7 Å². The van der Waals surface area contributed by atoms with E-state index in [-0.39, 0.29) is 0 Å². The Morgan fingerprint density at radius 2 is 1.80 bits per heavy atom. The van der Waals surface area contributed by atoms with Crippen LogP contribution in [0.25, 0.3) is 0 Å². The molecule has 1 aromatic rings. The highest BCUT2D eigenvalue weighted by molar-refractivity contribution is 5.69. The summed E-state index contributed by atoms with van der Waals surface area (Å²) in [5, 5.41) is 3.89. The summed E-state index contributed by atoms with van der Waals surface area (Å²) in [5.74, 6) is 4.10. The summed E-state index contributed by atoms with van der Waals surface area (Å²) in [4.78, 5) is 2.22. The van der Waals surface area contributed by atoms with Crippen LogP contribution < -0.4 is 10.2 Å². The number of para-hydroxylation sites is 2. The van der Waals surface area contributed by atoms with Crippen molar-refractivity contribution in [3.63, 3.8) is 0 Å². The van der Waals surface area contributed by atoms with Crippen LogP contribution in [0.5, 0.6) is 0 Å². The molecule has 1 N–H and O–H groups in total. The average Bonchev–Trinajstić information content (AvgIpc) is 3.10. The lowest BCUT2D eigenvalue weighted by Crippen LogP contribution is -2.34. The second-order valence-electron chi connectivity index (χ2n) is 7.32. The molecule has 3 saturated carbocycles. The normalized spacial score (nSPS) is 38.0. The van der Waals surface area contributed by atoms with E-state index in [1.165, 1.54) is 43.5 Å². The second kappa shape index (κ2) is 4.68. The van der Waals surface area contributed by atoms with E-state index in [0.29, 0.717) is 0 Å². The van der Waals surface area contributed by atoms with E-state index in [1.807, 2.05) is 0 Å². The van der Waals surface area contributed by atoms with Crippen LogP contribution >= 0.6 is 0 Å².